The van der Waals surface area contributed by atoms with Gasteiger partial charge in [0.05, 0.1) is 35.6 Å². The van der Waals surface area contributed by atoms with Gasteiger partial charge in [-0.25, -0.2) is 4.98 Å². The fourth-order valence-electron chi connectivity index (χ4n) is 1.34. The highest BCUT2D eigenvalue weighted by atomic mass is 16.3. The normalized spacial score (nSPS) is 12.3. The van der Waals surface area contributed by atoms with Gasteiger partial charge >= 0.3 is 0 Å². The van der Waals surface area contributed by atoms with E-state index in [1.165, 1.54) is 6.20 Å². The second-order valence-electron chi connectivity index (χ2n) is 3.15. The van der Waals surface area contributed by atoms with E-state index in [0.29, 0.717) is 5.69 Å². The highest BCUT2D eigenvalue weighted by Crippen LogP contribution is 2.14. The second kappa shape index (κ2) is 4.03. The minimum Gasteiger partial charge on any atom is -0.395 e. The molecule has 0 saturated heterocycles. The Labute approximate surface area is 86.8 Å². The molecule has 1 atom stereocenters. The van der Waals surface area contributed by atoms with E-state index in [9.17, 15) is 0 Å². The first-order chi connectivity index (χ1) is 7.35. The number of nitriles is 1. The molecule has 0 saturated carbocycles. The summed E-state index contributed by atoms with van der Waals surface area (Å²) in [4.78, 5) is 8.45. The number of fused-ring (bicyclic) bond motifs is 1. The number of aromatic nitrogens is 2. The third kappa shape index (κ3) is 1.78. The summed E-state index contributed by atoms with van der Waals surface area (Å²) >= 11 is 0. The SMILES string of the molecule is N#CC(CO)c1cnc2ccccc2n1. The van der Waals surface area contributed by atoms with Gasteiger partial charge in [0.25, 0.3) is 0 Å². The van der Waals surface area contributed by atoms with E-state index in [1.807, 2.05) is 30.3 Å². The van der Waals surface area contributed by atoms with E-state index in [1.54, 1.807) is 0 Å². The van der Waals surface area contributed by atoms with Crippen LogP contribution in [0.25, 0.3) is 11.0 Å². The van der Waals surface area contributed by atoms with E-state index >= 15 is 0 Å². The van der Waals surface area contributed by atoms with Crippen LogP contribution in [0.2, 0.25) is 0 Å². The molecule has 1 aromatic heterocycles. The fraction of sp³-hybridized carbons (Fsp3) is 0.182. The van der Waals surface area contributed by atoms with Crippen molar-refractivity contribution >= 4 is 11.0 Å². The van der Waals surface area contributed by atoms with Crippen molar-refractivity contribution in [3.8, 4) is 6.07 Å². The van der Waals surface area contributed by atoms with Crippen molar-refractivity contribution in [2.45, 2.75) is 5.92 Å². The van der Waals surface area contributed by atoms with E-state index in [0.717, 1.165) is 11.0 Å². The van der Waals surface area contributed by atoms with Crippen LogP contribution in [0.3, 0.4) is 0 Å². The minimum atomic E-state index is -0.595. The van der Waals surface area contributed by atoms with Gasteiger partial charge in [-0.1, -0.05) is 12.1 Å². The smallest absolute Gasteiger partial charge is 0.113 e. The number of nitrogens with zero attached hydrogens (tertiary/aromatic N) is 3. The van der Waals surface area contributed by atoms with Gasteiger partial charge in [-0.15, -0.1) is 0 Å². The lowest BCUT2D eigenvalue weighted by Crippen LogP contribution is -2.04. The molecule has 2 aromatic rings. The summed E-state index contributed by atoms with van der Waals surface area (Å²) in [5, 5.41) is 17.7. The highest BCUT2D eigenvalue weighted by Gasteiger charge is 2.11. The van der Waals surface area contributed by atoms with Crippen molar-refractivity contribution in [1.29, 1.82) is 5.26 Å². The number of aliphatic hydroxyl groups is 1. The van der Waals surface area contributed by atoms with Crippen LogP contribution in [0.4, 0.5) is 0 Å². The molecule has 0 radical (unpaired) electrons. The van der Waals surface area contributed by atoms with Crippen LogP contribution in [0, 0.1) is 11.3 Å². The average Bonchev–Trinajstić information content (AvgIpc) is 2.30. The molecule has 0 amide bonds. The molecule has 1 N–H and O–H groups in total. The van der Waals surface area contributed by atoms with Crippen LogP contribution in [-0.2, 0) is 0 Å². The topological polar surface area (TPSA) is 69.8 Å². The lowest BCUT2D eigenvalue weighted by atomic mass is 10.1. The van der Waals surface area contributed by atoms with Crippen LogP contribution in [0.5, 0.6) is 0 Å². The van der Waals surface area contributed by atoms with Crippen molar-refractivity contribution in [2.24, 2.45) is 0 Å². The summed E-state index contributed by atoms with van der Waals surface area (Å²) in [6.45, 7) is -0.233. The van der Waals surface area contributed by atoms with Crippen molar-refractivity contribution in [2.75, 3.05) is 6.61 Å². The minimum absolute atomic E-state index is 0.233. The van der Waals surface area contributed by atoms with Crippen molar-refractivity contribution in [3.63, 3.8) is 0 Å². The molecule has 0 aliphatic heterocycles. The summed E-state index contributed by atoms with van der Waals surface area (Å²) in [7, 11) is 0. The van der Waals surface area contributed by atoms with Gasteiger partial charge in [0.1, 0.15) is 5.92 Å². The molecule has 0 fully saturated rings. The number of benzene rings is 1. The molecule has 1 unspecified atom stereocenters. The number of para-hydroxylation sites is 2. The first kappa shape index (κ1) is 9.56. The molecule has 15 heavy (non-hydrogen) atoms. The summed E-state index contributed by atoms with van der Waals surface area (Å²) in [5.41, 5.74) is 2.04. The second-order valence-corrected chi connectivity index (χ2v) is 3.15. The first-order valence-corrected chi connectivity index (χ1v) is 4.57. The maximum atomic E-state index is 8.96. The van der Waals surface area contributed by atoms with E-state index in [2.05, 4.69) is 9.97 Å². The van der Waals surface area contributed by atoms with Crippen LogP contribution in [-0.4, -0.2) is 21.7 Å². The Bertz CT molecular complexity index is 518. The molecular weight excluding hydrogens is 190 g/mol. The Morgan fingerprint density at radius 3 is 2.73 bits per heavy atom. The number of hydrogen-bond acceptors (Lipinski definition) is 4. The maximum Gasteiger partial charge on any atom is 0.113 e. The Kier molecular flexibility index (Phi) is 2.57. The number of hydrogen-bond donors (Lipinski definition) is 1. The molecule has 4 nitrogen and oxygen atoms in total. The predicted octanol–water partition coefficient (Wildman–Crippen LogP) is 1.23. The van der Waals surface area contributed by atoms with Crippen LogP contribution in [0.15, 0.2) is 30.5 Å². The number of rotatable bonds is 2. The Hall–Kier alpha value is -1.99. The summed E-state index contributed by atoms with van der Waals surface area (Å²) in [6.07, 6.45) is 1.53. The van der Waals surface area contributed by atoms with Gasteiger partial charge in [0.15, 0.2) is 0 Å². The molecule has 0 bridgehead atoms. The van der Waals surface area contributed by atoms with Crippen molar-refractivity contribution in [1.82, 2.24) is 9.97 Å². The molecular formula is C11H9N3O. The van der Waals surface area contributed by atoms with Gasteiger partial charge in [-0.05, 0) is 12.1 Å². The van der Waals surface area contributed by atoms with Crippen molar-refractivity contribution < 1.29 is 5.11 Å². The molecule has 0 aliphatic rings. The molecule has 0 spiro atoms. The molecule has 1 aromatic carbocycles. The zero-order valence-corrected chi connectivity index (χ0v) is 7.96. The molecule has 2 rings (SSSR count). The predicted molar refractivity (Wildman–Crippen MR) is 55.0 cm³/mol. The average molecular weight is 199 g/mol. The van der Waals surface area contributed by atoms with E-state index < -0.39 is 5.92 Å². The van der Waals surface area contributed by atoms with Gasteiger partial charge in [0, 0.05) is 0 Å². The lowest BCUT2D eigenvalue weighted by Gasteiger charge is -2.04. The van der Waals surface area contributed by atoms with Gasteiger partial charge < -0.3 is 5.11 Å². The quantitative estimate of drug-likeness (QED) is 0.789. The van der Waals surface area contributed by atoms with E-state index in [-0.39, 0.29) is 6.61 Å². The van der Waals surface area contributed by atoms with Gasteiger partial charge in [-0.2, -0.15) is 5.26 Å². The van der Waals surface area contributed by atoms with Gasteiger partial charge in [0.2, 0.25) is 0 Å². The summed E-state index contributed by atoms with van der Waals surface area (Å²) in [5.74, 6) is -0.595. The zero-order valence-electron chi connectivity index (χ0n) is 7.96. The first-order valence-electron chi connectivity index (χ1n) is 4.57. The van der Waals surface area contributed by atoms with Crippen LogP contribution in [0.1, 0.15) is 11.6 Å². The molecule has 4 heteroatoms. The summed E-state index contributed by atoms with van der Waals surface area (Å²) < 4.78 is 0. The van der Waals surface area contributed by atoms with Crippen LogP contribution < -0.4 is 0 Å². The van der Waals surface area contributed by atoms with Gasteiger partial charge in [-0.3, -0.25) is 4.98 Å². The van der Waals surface area contributed by atoms with E-state index in [4.69, 9.17) is 10.4 Å². The highest BCUT2D eigenvalue weighted by molar-refractivity contribution is 5.73. The largest absolute Gasteiger partial charge is 0.395 e. The Morgan fingerprint density at radius 2 is 2.07 bits per heavy atom. The fourth-order valence-corrected chi connectivity index (χ4v) is 1.34. The summed E-state index contributed by atoms with van der Waals surface area (Å²) in [6, 6.07) is 9.41. The number of aliphatic hydroxyl groups excluding tert-OH is 1. The Balaban J connectivity index is 2.52. The van der Waals surface area contributed by atoms with Crippen molar-refractivity contribution in [3.05, 3.63) is 36.2 Å². The zero-order chi connectivity index (χ0) is 10.7. The lowest BCUT2D eigenvalue weighted by molar-refractivity contribution is 0.284. The molecule has 1 heterocycles. The third-order valence-electron chi connectivity index (χ3n) is 2.16. The molecule has 0 aliphatic carbocycles. The monoisotopic (exact) mass is 199 g/mol. The standard InChI is InChI=1S/C11H9N3O/c12-5-8(7-15)11-6-13-9-3-1-2-4-10(9)14-11/h1-4,6,8,15H,7H2. The Morgan fingerprint density at radius 1 is 1.33 bits per heavy atom. The maximum absolute atomic E-state index is 8.96. The molecule has 74 valence electrons. The van der Waals surface area contributed by atoms with Crippen LogP contribution >= 0.6 is 0 Å². The third-order valence-corrected chi connectivity index (χ3v) is 2.16.